The van der Waals surface area contributed by atoms with Gasteiger partial charge in [0.05, 0.1) is 20.1 Å². The molecular weight excluding hydrogens is 310 g/mol. The van der Waals surface area contributed by atoms with Crippen molar-refractivity contribution in [1.29, 1.82) is 0 Å². The van der Waals surface area contributed by atoms with Gasteiger partial charge < -0.3 is 0 Å². The fraction of sp³-hybridized carbons (Fsp3) is 0. The molecule has 4 heteroatoms. The molecular formula is C14H4Cl4. The largest absolute Gasteiger partial charge is 0.0827 e. The van der Waals surface area contributed by atoms with Crippen LogP contribution in [0.1, 0.15) is 0 Å². The van der Waals surface area contributed by atoms with Gasteiger partial charge in [-0.3, -0.25) is 0 Å². The van der Waals surface area contributed by atoms with Crippen LogP contribution in [-0.2, 0) is 0 Å². The van der Waals surface area contributed by atoms with Crippen molar-refractivity contribution < 1.29 is 0 Å². The second kappa shape index (κ2) is 4.47. The summed E-state index contributed by atoms with van der Waals surface area (Å²) in [6.07, 6.45) is 0. The zero-order valence-electron chi connectivity index (χ0n) is 8.82. The molecule has 0 spiro atoms. The van der Waals surface area contributed by atoms with Crippen molar-refractivity contribution in [3.8, 4) is 0 Å². The van der Waals surface area contributed by atoms with E-state index >= 15 is 0 Å². The summed E-state index contributed by atoms with van der Waals surface area (Å²) in [6.45, 7) is 0. The number of rotatable bonds is 0. The van der Waals surface area contributed by atoms with E-state index < -0.39 is 0 Å². The smallest absolute Gasteiger partial charge is 0.0677 e. The number of hydrogen-bond donors (Lipinski definition) is 0. The molecule has 0 amide bonds. The number of halogens is 4. The number of hydrogen-bond acceptors (Lipinski definition) is 0. The Morgan fingerprint density at radius 1 is 0.667 bits per heavy atom. The molecule has 0 aromatic heterocycles. The van der Waals surface area contributed by atoms with Crippen LogP contribution in [0.3, 0.4) is 0 Å². The van der Waals surface area contributed by atoms with E-state index in [1.54, 1.807) is 12.1 Å². The summed E-state index contributed by atoms with van der Waals surface area (Å²) < 4.78 is 0. The van der Waals surface area contributed by atoms with Gasteiger partial charge in [-0.05, 0) is 33.7 Å². The molecule has 0 nitrogen and oxygen atoms in total. The summed E-state index contributed by atoms with van der Waals surface area (Å²) in [5, 5.41) is 5.35. The average molecular weight is 314 g/mol. The lowest BCUT2D eigenvalue weighted by molar-refractivity contribution is 1.74. The SMILES string of the molecule is Clc1[c]c2ccc3[c]c(Cl)c(Cl)cc3c2cc1Cl. The van der Waals surface area contributed by atoms with E-state index in [1.165, 1.54) is 0 Å². The molecule has 3 rings (SSSR count). The highest BCUT2D eigenvalue weighted by Crippen LogP contribution is 2.35. The molecule has 0 atom stereocenters. The summed E-state index contributed by atoms with van der Waals surface area (Å²) in [5.74, 6) is 0. The Labute approximate surface area is 124 Å². The van der Waals surface area contributed by atoms with Crippen LogP contribution in [0.2, 0.25) is 20.1 Å². The van der Waals surface area contributed by atoms with Crippen molar-refractivity contribution in [2.45, 2.75) is 0 Å². The Bertz CT molecular complexity index is 711. The van der Waals surface area contributed by atoms with E-state index in [2.05, 4.69) is 12.1 Å². The van der Waals surface area contributed by atoms with E-state index in [-0.39, 0.29) is 0 Å². The molecule has 0 saturated carbocycles. The Hall–Kier alpha value is -0.660. The topological polar surface area (TPSA) is 0 Å². The van der Waals surface area contributed by atoms with Crippen molar-refractivity contribution in [2.75, 3.05) is 0 Å². The highest BCUT2D eigenvalue weighted by molar-refractivity contribution is 6.44. The van der Waals surface area contributed by atoms with E-state index in [9.17, 15) is 0 Å². The first-order chi connectivity index (χ1) is 8.56. The predicted molar refractivity (Wildman–Crippen MR) is 79.2 cm³/mol. The van der Waals surface area contributed by atoms with Crippen LogP contribution >= 0.6 is 46.4 Å². The van der Waals surface area contributed by atoms with Crippen LogP contribution < -0.4 is 0 Å². The fourth-order valence-electron chi connectivity index (χ4n) is 1.90. The summed E-state index contributed by atoms with van der Waals surface area (Å²) >= 11 is 24.0. The normalized spacial score (nSPS) is 11.3. The number of benzene rings is 3. The van der Waals surface area contributed by atoms with Crippen LogP contribution in [0.4, 0.5) is 0 Å². The second-order valence-electron chi connectivity index (χ2n) is 3.85. The molecule has 0 bridgehead atoms. The highest BCUT2D eigenvalue weighted by atomic mass is 35.5. The quantitative estimate of drug-likeness (QED) is 0.433. The third-order valence-corrected chi connectivity index (χ3v) is 4.12. The molecule has 88 valence electrons. The lowest BCUT2D eigenvalue weighted by Crippen LogP contribution is -1.81. The van der Waals surface area contributed by atoms with Crippen LogP contribution in [-0.4, -0.2) is 0 Å². The monoisotopic (exact) mass is 312 g/mol. The molecule has 2 radical (unpaired) electrons. The second-order valence-corrected chi connectivity index (χ2v) is 5.42. The third kappa shape index (κ3) is 1.94. The van der Waals surface area contributed by atoms with Crippen molar-refractivity contribution in [3.05, 3.63) is 56.5 Å². The molecule has 3 aromatic carbocycles. The minimum absolute atomic E-state index is 0.410. The average Bonchev–Trinajstić information content (AvgIpc) is 2.33. The zero-order valence-corrected chi connectivity index (χ0v) is 11.8. The Balaban J connectivity index is 2.52. The molecule has 0 aliphatic heterocycles. The van der Waals surface area contributed by atoms with Crippen molar-refractivity contribution in [3.63, 3.8) is 0 Å². The maximum atomic E-state index is 6.03. The van der Waals surface area contributed by atoms with Gasteiger partial charge in [0.2, 0.25) is 0 Å². The maximum absolute atomic E-state index is 6.03. The minimum atomic E-state index is 0.410. The highest BCUT2D eigenvalue weighted by Gasteiger charge is 2.08. The van der Waals surface area contributed by atoms with Crippen LogP contribution in [0.15, 0.2) is 24.3 Å². The minimum Gasteiger partial charge on any atom is -0.0827 e. The molecule has 0 fully saturated rings. The van der Waals surface area contributed by atoms with Crippen molar-refractivity contribution >= 4 is 67.9 Å². The molecule has 3 aromatic rings. The Morgan fingerprint density at radius 3 is 1.44 bits per heavy atom. The first kappa shape index (κ1) is 12.4. The molecule has 18 heavy (non-hydrogen) atoms. The van der Waals surface area contributed by atoms with Gasteiger partial charge in [0.1, 0.15) is 0 Å². The van der Waals surface area contributed by atoms with Gasteiger partial charge in [0.15, 0.2) is 0 Å². The summed E-state index contributed by atoms with van der Waals surface area (Å²) in [5.41, 5.74) is 0. The lowest BCUT2D eigenvalue weighted by atomic mass is 10.0. The first-order valence-electron chi connectivity index (χ1n) is 5.07. The Morgan fingerprint density at radius 2 is 1.06 bits per heavy atom. The van der Waals surface area contributed by atoms with Gasteiger partial charge in [-0.25, -0.2) is 0 Å². The van der Waals surface area contributed by atoms with Crippen molar-refractivity contribution in [2.24, 2.45) is 0 Å². The first-order valence-corrected chi connectivity index (χ1v) is 6.58. The van der Waals surface area contributed by atoms with E-state index in [0.717, 1.165) is 21.5 Å². The molecule has 0 heterocycles. The zero-order chi connectivity index (χ0) is 12.9. The molecule has 0 unspecified atom stereocenters. The van der Waals surface area contributed by atoms with E-state index in [4.69, 9.17) is 46.4 Å². The van der Waals surface area contributed by atoms with Crippen LogP contribution in [0.5, 0.6) is 0 Å². The molecule has 0 N–H and O–H groups in total. The van der Waals surface area contributed by atoms with Gasteiger partial charge >= 0.3 is 0 Å². The van der Waals surface area contributed by atoms with Gasteiger partial charge in [-0.2, -0.15) is 0 Å². The third-order valence-electron chi connectivity index (χ3n) is 2.74. The van der Waals surface area contributed by atoms with E-state index in [0.29, 0.717) is 20.1 Å². The van der Waals surface area contributed by atoms with Gasteiger partial charge in [0.25, 0.3) is 0 Å². The van der Waals surface area contributed by atoms with Gasteiger partial charge in [-0.15, -0.1) is 0 Å². The van der Waals surface area contributed by atoms with Gasteiger partial charge in [-0.1, -0.05) is 58.5 Å². The lowest BCUT2D eigenvalue weighted by Gasteiger charge is -2.06. The summed E-state index contributed by atoms with van der Waals surface area (Å²) in [7, 11) is 0. The molecule has 0 saturated heterocycles. The van der Waals surface area contributed by atoms with Crippen LogP contribution in [0, 0.1) is 12.1 Å². The fourth-order valence-corrected chi connectivity index (χ4v) is 2.53. The Kier molecular flexibility index (Phi) is 3.07. The molecule has 0 aliphatic rings. The summed E-state index contributed by atoms with van der Waals surface area (Å²) in [4.78, 5) is 0. The van der Waals surface area contributed by atoms with Crippen LogP contribution in [0.25, 0.3) is 21.5 Å². The standard InChI is InChI=1S/C14H4Cl4/c15-11-3-7-1-2-8-4-12(16)14(18)6-10(8)9(7)5-13(11)17/h1-2,5-6H. The van der Waals surface area contributed by atoms with E-state index in [1.807, 2.05) is 12.1 Å². The maximum Gasteiger partial charge on any atom is 0.0677 e. The summed E-state index contributed by atoms with van der Waals surface area (Å²) in [6, 6.07) is 13.5. The predicted octanol–water partition coefficient (Wildman–Crippen LogP) is 6.21. The number of fused-ring (bicyclic) bond motifs is 3. The van der Waals surface area contributed by atoms with Gasteiger partial charge in [0, 0.05) is 12.1 Å². The molecule has 0 aliphatic carbocycles. The van der Waals surface area contributed by atoms with Crippen molar-refractivity contribution in [1.82, 2.24) is 0 Å².